The van der Waals surface area contributed by atoms with Gasteiger partial charge in [0.25, 0.3) is 5.91 Å². The maximum atomic E-state index is 12.4. The minimum absolute atomic E-state index is 0.117. The van der Waals surface area contributed by atoms with Gasteiger partial charge in [0, 0.05) is 29.4 Å². The van der Waals surface area contributed by atoms with Gasteiger partial charge in [-0.1, -0.05) is 6.07 Å². The monoisotopic (exact) mass is 382 g/mol. The summed E-state index contributed by atoms with van der Waals surface area (Å²) >= 11 is 1.69. The number of pyridine rings is 1. The van der Waals surface area contributed by atoms with Crippen LogP contribution >= 0.6 is 11.3 Å². The van der Waals surface area contributed by atoms with Crippen molar-refractivity contribution >= 4 is 17.2 Å². The lowest BCUT2D eigenvalue weighted by molar-refractivity contribution is 0.0953. The van der Waals surface area contributed by atoms with E-state index >= 15 is 0 Å². The SMILES string of the molecule is CCOc1cc(C(=O)NCCc2cccs2)ccc1OCc1ccncc1. The summed E-state index contributed by atoms with van der Waals surface area (Å²) in [5.74, 6) is 1.06. The van der Waals surface area contributed by atoms with Crippen LogP contribution in [0.2, 0.25) is 0 Å². The summed E-state index contributed by atoms with van der Waals surface area (Å²) in [7, 11) is 0. The van der Waals surface area contributed by atoms with Crippen molar-refractivity contribution in [2.45, 2.75) is 20.0 Å². The van der Waals surface area contributed by atoms with Crippen LogP contribution in [-0.2, 0) is 13.0 Å². The Hall–Kier alpha value is -2.86. The molecule has 3 aromatic rings. The molecule has 0 saturated carbocycles. The first-order chi connectivity index (χ1) is 13.3. The summed E-state index contributed by atoms with van der Waals surface area (Å²) in [6.45, 7) is 3.41. The number of aromatic nitrogens is 1. The van der Waals surface area contributed by atoms with E-state index in [2.05, 4.69) is 16.4 Å². The number of hydrogen-bond acceptors (Lipinski definition) is 5. The van der Waals surface area contributed by atoms with E-state index in [4.69, 9.17) is 9.47 Å². The molecule has 0 saturated heterocycles. The Morgan fingerprint density at radius 3 is 2.70 bits per heavy atom. The smallest absolute Gasteiger partial charge is 0.251 e. The molecule has 0 aliphatic carbocycles. The molecule has 0 atom stereocenters. The second kappa shape index (κ2) is 9.73. The zero-order valence-electron chi connectivity index (χ0n) is 15.2. The molecule has 5 nitrogen and oxygen atoms in total. The molecule has 0 unspecified atom stereocenters. The average Bonchev–Trinajstić information content (AvgIpc) is 3.21. The Morgan fingerprint density at radius 2 is 1.96 bits per heavy atom. The van der Waals surface area contributed by atoms with Crippen molar-refractivity contribution in [2.24, 2.45) is 0 Å². The topological polar surface area (TPSA) is 60.5 Å². The third-order valence-corrected chi connectivity index (χ3v) is 4.82. The van der Waals surface area contributed by atoms with E-state index in [-0.39, 0.29) is 5.91 Å². The molecule has 140 valence electrons. The van der Waals surface area contributed by atoms with Gasteiger partial charge in [-0.3, -0.25) is 9.78 Å². The number of carbonyl (C=O) groups is 1. The maximum Gasteiger partial charge on any atom is 0.251 e. The molecule has 1 N–H and O–H groups in total. The van der Waals surface area contributed by atoms with Crippen LogP contribution in [0.15, 0.2) is 60.2 Å². The third-order valence-electron chi connectivity index (χ3n) is 3.89. The highest BCUT2D eigenvalue weighted by Crippen LogP contribution is 2.29. The molecule has 0 fully saturated rings. The van der Waals surface area contributed by atoms with Crippen LogP contribution in [0.5, 0.6) is 11.5 Å². The third kappa shape index (κ3) is 5.56. The first-order valence-corrected chi connectivity index (χ1v) is 9.73. The normalized spacial score (nSPS) is 10.4. The highest BCUT2D eigenvalue weighted by atomic mass is 32.1. The van der Waals surface area contributed by atoms with Gasteiger partial charge >= 0.3 is 0 Å². The highest BCUT2D eigenvalue weighted by Gasteiger charge is 2.12. The van der Waals surface area contributed by atoms with Crippen LogP contribution in [0.1, 0.15) is 27.7 Å². The summed E-state index contributed by atoms with van der Waals surface area (Å²) in [6, 6.07) is 13.1. The van der Waals surface area contributed by atoms with Crippen molar-refractivity contribution in [1.29, 1.82) is 0 Å². The number of benzene rings is 1. The zero-order valence-corrected chi connectivity index (χ0v) is 16.0. The van der Waals surface area contributed by atoms with Crippen LogP contribution in [0.4, 0.5) is 0 Å². The van der Waals surface area contributed by atoms with Crippen molar-refractivity contribution in [3.05, 3.63) is 76.2 Å². The number of ether oxygens (including phenoxy) is 2. The fourth-order valence-corrected chi connectivity index (χ4v) is 3.24. The lowest BCUT2D eigenvalue weighted by Gasteiger charge is -2.13. The molecule has 0 bridgehead atoms. The minimum Gasteiger partial charge on any atom is -0.490 e. The predicted molar refractivity (Wildman–Crippen MR) is 107 cm³/mol. The number of hydrogen-bond donors (Lipinski definition) is 1. The Labute approximate surface area is 163 Å². The van der Waals surface area contributed by atoms with Crippen molar-refractivity contribution in [1.82, 2.24) is 10.3 Å². The van der Waals surface area contributed by atoms with Crippen LogP contribution in [0.25, 0.3) is 0 Å². The number of thiophene rings is 1. The fourth-order valence-electron chi connectivity index (χ4n) is 2.53. The van der Waals surface area contributed by atoms with Gasteiger partial charge in [0.05, 0.1) is 6.61 Å². The van der Waals surface area contributed by atoms with Gasteiger partial charge in [-0.15, -0.1) is 11.3 Å². The number of rotatable bonds is 9. The maximum absolute atomic E-state index is 12.4. The Bertz CT molecular complexity index is 851. The van der Waals surface area contributed by atoms with Crippen LogP contribution in [-0.4, -0.2) is 24.0 Å². The predicted octanol–water partition coefficient (Wildman–Crippen LogP) is 4.09. The molecule has 0 radical (unpaired) electrons. The van der Waals surface area contributed by atoms with Gasteiger partial charge in [-0.25, -0.2) is 0 Å². The van der Waals surface area contributed by atoms with Gasteiger partial charge in [-0.05, 0) is 60.7 Å². The summed E-state index contributed by atoms with van der Waals surface area (Å²) in [4.78, 5) is 17.7. The quantitative estimate of drug-likeness (QED) is 0.605. The highest BCUT2D eigenvalue weighted by molar-refractivity contribution is 7.09. The molecule has 1 amide bonds. The van der Waals surface area contributed by atoms with E-state index in [0.717, 1.165) is 12.0 Å². The standard InChI is InChI=1S/C21H22N2O3S/c1-2-25-20-14-17(21(24)23-12-9-18-4-3-13-27-18)5-6-19(20)26-15-16-7-10-22-11-8-16/h3-8,10-11,13-14H,2,9,12,15H2,1H3,(H,23,24). The van der Waals surface area contributed by atoms with Crippen LogP contribution in [0.3, 0.4) is 0 Å². The van der Waals surface area contributed by atoms with Crippen molar-refractivity contribution < 1.29 is 14.3 Å². The molecule has 2 aromatic heterocycles. The second-order valence-electron chi connectivity index (χ2n) is 5.82. The van der Waals surface area contributed by atoms with Crippen LogP contribution in [0, 0.1) is 0 Å². The van der Waals surface area contributed by atoms with E-state index in [9.17, 15) is 4.79 Å². The number of carbonyl (C=O) groups excluding carboxylic acids is 1. The van der Waals surface area contributed by atoms with Crippen molar-refractivity contribution in [3.8, 4) is 11.5 Å². The van der Waals surface area contributed by atoms with Gasteiger partial charge in [0.15, 0.2) is 11.5 Å². The largest absolute Gasteiger partial charge is 0.490 e. The summed E-state index contributed by atoms with van der Waals surface area (Å²) in [6.07, 6.45) is 4.28. The molecule has 0 spiro atoms. The molecular weight excluding hydrogens is 360 g/mol. The zero-order chi connectivity index (χ0) is 18.9. The van der Waals surface area contributed by atoms with E-state index in [1.807, 2.05) is 30.5 Å². The summed E-state index contributed by atoms with van der Waals surface area (Å²) in [5.41, 5.74) is 1.57. The molecule has 0 aliphatic heterocycles. The van der Waals surface area contributed by atoms with Gasteiger partial charge < -0.3 is 14.8 Å². The number of amides is 1. The Balaban J connectivity index is 1.62. The first-order valence-electron chi connectivity index (χ1n) is 8.85. The first kappa shape index (κ1) is 18.9. The van der Waals surface area contributed by atoms with E-state index < -0.39 is 0 Å². The van der Waals surface area contributed by atoms with Crippen LogP contribution < -0.4 is 14.8 Å². The number of nitrogens with zero attached hydrogens (tertiary/aromatic N) is 1. The molecule has 1 aromatic carbocycles. The molecule has 6 heteroatoms. The average molecular weight is 382 g/mol. The second-order valence-corrected chi connectivity index (χ2v) is 6.86. The lowest BCUT2D eigenvalue weighted by atomic mass is 10.2. The minimum atomic E-state index is -0.117. The van der Waals surface area contributed by atoms with Crippen molar-refractivity contribution in [2.75, 3.05) is 13.2 Å². The van der Waals surface area contributed by atoms with Gasteiger partial charge in [0.1, 0.15) is 6.61 Å². The lowest BCUT2D eigenvalue weighted by Crippen LogP contribution is -2.25. The Morgan fingerprint density at radius 1 is 1.11 bits per heavy atom. The fraction of sp³-hybridized carbons (Fsp3) is 0.238. The van der Waals surface area contributed by atoms with Gasteiger partial charge in [-0.2, -0.15) is 0 Å². The molecule has 2 heterocycles. The molecule has 27 heavy (non-hydrogen) atoms. The summed E-state index contributed by atoms with van der Waals surface area (Å²) < 4.78 is 11.5. The van der Waals surface area contributed by atoms with E-state index in [1.54, 1.807) is 41.9 Å². The van der Waals surface area contributed by atoms with Gasteiger partial charge in [0.2, 0.25) is 0 Å². The van der Waals surface area contributed by atoms with E-state index in [0.29, 0.717) is 36.8 Å². The summed E-state index contributed by atoms with van der Waals surface area (Å²) in [5, 5.41) is 4.99. The molecular formula is C21H22N2O3S. The van der Waals surface area contributed by atoms with Crippen molar-refractivity contribution in [3.63, 3.8) is 0 Å². The number of nitrogens with one attached hydrogen (secondary N) is 1. The van der Waals surface area contributed by atoms with E-state index in [1.165, 1.54) is 4.88 Å². The Kier molecular flexibility index (Phi) is 6.82. The molecule has 0 aliphatic rings. The molecule has 3 rings (SSSR count).